The van der Waals surface area contributed by atoms with Gasteiger partial charge in [-0.25, -0.2) is 0 Å². The first-order valence-electron chi connectivity index (χ1n) is 5.48. The van der Waals surface area contributed by atoms with Gasteiger partial charge in [-0.3, -0.25) is 0 Å². The van der Waals surface area contributed by atoms with Crippen molar-refractivity contribution in [2.24, 2.45) is 7.05 Å². The molecule has 0 aliphatic heterocycles. The SMILES string of the molecule is C[n+]1cc2ccccc2n1-c1ccc(I)cc1. The Morgan fingerprint density at radius 2 is 1.71 bits per heavy atom. The summed E-state index contributed by atoms with van der Waals surface area (Å²) < 4.78 is 5.59. The maximum Gasteiger partial charge on any atom is 0.203 e. The number of nitrogens with zero attached hydrogens (tertiary/aromatic N) is 2. The smallest absolute Gasteiger partial charge is 0.121 e. The van der Waals surface area contributed by atoms with Gasteiger partial charge in [0.05, 0.1) is 5.39 Å². The van der Waals surface area contributed by atoms with Crippen LogP contribution in [0.5, 0.6) is 0 Å². The first-order valence-corrected chi connectivity index (χ1v) is 6.56. The Kier molecular flexibility index (Phi) is 2.63. The number of para-hydroxylation sites is 1. The minimum absolute atomic E-state index is 1.19. The van der Waals surface area contributed by atoms with Crippen molar-refractivity contribution in [1.29, 1.82) is 0 Å². The van der Waals surface area contributed by atoms with Crippen molar-refractivity contribution in [1.82, 2.24) is 4.68 Å². The highest BCUT2D eigenvalue weighted by molar-refractivity contribution is 14.1. The molecule has 0 aliphatic rings. The van der Waals surface area contributed by atoms with Crippen LogP contribution in [0.25, 0.3) is 16.6 Å². The second-order valence-corrected chi connectivity index (χ2v) is 5.30. The van der Waals surface area contributed by atoms with Gasteiger partial charge in [0, 0.05) is 3.57 Å². The molecule has 0 fully saturated rings. The van der Waals surface area contributed by atoms with E-state index in [0.29, 0.717) is 0 Å². The van der Waals surface area contributed by atoms with Gasteiger partial charge in [-0.1, -0.05) is 12.1 Å². The van der Waals surface area contributed by atoms with E-state index in [1.807, 2.05) is 0 Å². The number of benzene rings is 2. The average molecular weight is 335 g/mol. The Bertz CT molecular complexity index is 668. The summed E-state index contributed by atoms with van der Waals surface area (Å²) in [5.41, 5.74) is 2.42. The fourth-order valence-electron chi connectivity index (χ4n) is 2.12. The van der Waals surface area contributed by atoms with E-state index < -0.39 is 0 Å². The molecule has 1 heterocycles. The Balaban J connectivity index is 2.29. The monoisotopic (exact) mass is 335 g/mol. The normalized spacial score (nSPS) is 10.9. The summed E-state index contributed by atoms with van der Waals surface area (Å²) in [5.74, 6) is 0. The van der Waals surface area contributed by atoms with Crippen molar-refractivity contribution in [2.45, 2.75) is 0 Å². The van der Waals surface area contributed by atoms with E-state index in [-0.39, 0.29) is 0 Å². The van der Waals surface area contributed by atoms with Crippen LogP contribution in [-0.2, 0) is 7.05 Å². The third kappa shape index (κ3) is 1.84. The van der Waals surface area contributed by atoms with Gasteiger partial charge in [0.1, 0.15) is 11.2 Å². The van der Waals surface area contributed by atoms with Crippen LogP contribution < -0.4 is 4.68 Å². The fourth-order valence-corrected chi connectivity index (χ4v) is 2.48. The third-order valence-electron chi connectivity index (χ3n) is 2.88. The summed E-state index contributed by atoms with van der Waals surface area (Å²) in [6, 6.07) is 17.0. The predicted molar refractivity (Wildman–Crippen MR) is 77.2 cm³/mol. The lowest BCUT2D eigenvalue weighted by Crippen LogP contribution is -2.36. The Morgan fingerprint density at radius 1 is 1.00 bits per heavy atom. The van der Waals surface area contributed by atoms with Crippen LogP contribution in [0.1, 0.15) is 0 Å². The zero-order valence-corrected chi connectivity index (χ0v) is 11.6. The maximum atomic E-state index is 2.33. The summed E-state index contributed by atoms with van der Waals surface area (Å²) in [6.45, 7) is 0. The molecule has 0 aliphatic carbocycles. The first-order chi connectivity index (χ1) is 8.25. The van der Waals surface area contributed by atoms with Gasteiger partial charge in [-0.2, -0.15) is 0 Å². The fraction of sp³-hybridized carbons (Fsp3) is 0.0714. The highest BCUT2D eigenvalue weighted by Gasteiger charge is 2.12. The van der Waals surface area contributed by atoms with Crippen LogP contribution in [0.15, 0.2) is 54.7 Å². The van der Waals surface area contributed by atoms with E-state index >= 15 is 0 Å². The molecule has 17 heavy (non-hydrogen) atoms. The molecular weight excluding hydrogens is 323 g/mol. The second kappa shape index (κ2) is 4.14. The van der Waals surface area contributed by atoms with Crippen LogP contribution in [0.4, 0.5) is 0 Å². The molecule has 1 aromatic heterocycles. The molecule has 3 aromatic rings. The number of aryl methyl sites for hydroxylation is 1. The molecule has 0 atom stereocenters. The molecule has 84 valence electrons. The number of hydrogen-bond acceptors (Lipinski definition) is 0. The molecule has 0 unspecified atom stereocenters. The molecule has 2 aromatic carbocycles. The van der Waals surface area contributed by atoms with Gasteiger partial charge in [0.2, 0.25) is 6.20 Å². The lowest BCUT2D eigenvalue weighted by atomic mass is 10.2. The highest BCUT2D eigenvalue weighted by Crippen LogP contribution is 2.17. The minimum atomic E-state index is 1.19. The lowest BCUT2D eigenvalue weighted by Gasteiger charge is -2.01. The molecule has 3 rings (SSSR count). The zero-order chi connectivity index (χ0) is 11.8. The molecule has 0 bridgehead atoms. The molecule has 0 spiro atoms. The van der Waals surface area contributed by atoms with Gasteiger partial charge < -0.3 is 0 Å². The second-order valence-electron chi connectivity index (χ2n) is 4.05. The van der Waals surface area contributed by atoms with Crippen molar-refractivity contribution in [3.8, 4) is 5.69 Å². The summed E-state index contributed by atoms with van der Waals surface area (Å²) >= 11 is 2.33. The molecule has 0 N–H and O–H groups in total. The molecule has 0 amide bonds. The molecule has 0 saturated carbocycles. The molecule has 2 nitrogen and oxygen atoms in total. The number of hydrogen-bond donors (Lipinski definition) is 0. The van der Waals surface area contributed by atoms with Gasteiger partial charge in [-0.05, 0) is 59.0 Å². The summed E-state index contributed by atoms with van der Waals surface area (Å²) in [6.07, 6.45) is 2.15. The van der Waals surface area contributed by atoms with E-state index in [2.05, 4.69) is 93.7 Å². The van der Waals surface area contributed by atoms with Crippen molar-refractivity contribution < 1.29 is 4.68 Å². The van der Waals surface area contributed by atoms with Crippen molar-refractivity contribution >= 4 is 33.5 Å². The van der Waals surface area contributed by atoms with Gasteiger partial charge >= 0.3 is 0 Å². The van der Waals surface area contributed by atoms with E-state index in [0.717, 1.165) is 0 Å². The number of fused-ring (bicyclic) bond motifs is 1. The maximum absolute atomic E-state index is 2.33. The van der Waals surface area contributed by atoms with Crippen LogP contribution in [-0.4, -0.2) is 4.68 Å². The summed E-state index contributed by atoms with van der Waals surface area (Å²) in [7, 11) is 2.07. The van der Waals surface area contributed by atoms with E-state index in [1.165, 1.54) is 20.2 Å². The Morgan fingerprint density at radius 3 is 2.47 bits per heavy atom. The standard InChI is InChI=1S/C14H12IN2/c1-16-10-11-4-2-3-5-14(11)17(16)13-8-6-12(15)7-9-13/h2-10H,1H3/q+1. The zero-order valence-electron chi connectivity index (χ0n) is 9.47. The van der Waals surface area contributed by atoms with Gasteiger partial charge in [0.15, 0.2) is 7.05 Å². The van der Waals surface area contributed by atoms with Gasteiger partial charge in [-0.15, -0.1) is 9.36 Å². The van der Waals surface area contributed by atoms with Crippen LogP contribution in [0.3, 0.4) is 0 Å². The number of rotatable bonds is 1. The summed E-state index contributed by atoms with van der Waals surface area (Å²) in [4.78, 5) is 0. The van der Waals surface area contributed by atoms with Crippen LogP contribution >= 0.6 is 22.6 Å². The largest absolute Gasteiger partial charge is 0.203 e. The van der Waals surface area contributed by atoms with Crippen LogP contribution in [0.2, 0.25) is 0 Å². The predicted octanol–water partition coefficient (Wildman–Crippen LogP) is 3.06. The topological polar surface area (TPSA) is 8.81 Å². The Hall–Kier alpha value is -1.36. The number of halogens is 1. The first kappa shape index (κ1) is 10.8. The highest BCUT2D eigenvalue weighted by atomic mass is 127. The molecule has 3 heteroatoms. The molecule has 0 saturated heterocycles. The quantitative estimate of drug-likeness (QED) is 0.477. The van der Waals surface area contributed by atoms with Crippen molar-refractivity contribution in [3.63, 3.8) is 0 Å². The van der Waals surface area contributed by atoms with Crippen molar-refractivity contribution in [3.05, 3.63) is 58.3 Å². The third-order valence-corrected chi connectivity index (χ3v) is 3.60. The van der Waals surface area contributed by atoms with E-state index in [4.69, 9.17) is 0 Å². The van der Waals surface area contributed by atoms with Gasteiger partial charge in [0.25, 0.3) is 0 Å². The van der Waals surface area contributed by atoms with E-state index in [1.54, 1.807) is 0 Å². The average Bonchev–Trinajstić information content (AvgIpc) is 2.66. The van der Waals surface area contributed by atoms with Crippen molar-refractivity contribution in [2.75, 3.05) is 0 Å². The van der Waals surface area contributed by atoms with Crippen LogP contribution in [0, 0.1) is 3.57 Å². The van der Waals surface area contributed by atoms with E-state index in [9.17, 15) is 0 Å². The number of aromatic nitrogens is 2. The molecule has 0 radical (unpaired) electrons. The summed E-state index contributed by atoms with van der Waals surface area (Å²) in [5, 5.41) is 1.26. The molecular formula is C14H12IN2+. The minimum Gasteiger partial charge on any atom is -0.121 e. The Labute approximate surface area is 114 Å². The lowest BCUT2D eigenvalue weighted by molar-refractivity contribution is -0.741.